The molecule has 1 N–H and O–H groups in total. The van der Waals surface area contributed by atoms with Gasteiger partial charge < -0.3 is 10.0 Å². The topological polar surface area (TPSA) is 23.5 Å². The summed E-state index contributed by atoms with van der Waals surface area (Å²) in [7, 11) is 2.26. The molecule has 2 saturated heterocycles. The highest BCUT2D eigenvalue weighted by Gasteiger charge is 2.41. The molecule has 0 amide bonds. The standard InChI is InChI=1S/C13H25NO/c1-4-9(2)13(15)10-7-11-5-6-12(8-10)14(11)3/h9-13,15H,4-8H2,1-3H3. The molecule has 15 heavy (non-hydrogen) atoms. The van der Waals surface area contributed by atoms with Crippen LogP contribution in [0.4, 0.5) is 0 Å². The molecule has 2 aliphatic rings. The maximum atomic E-state index is 10.3. The fourth-order valence-electron chi connectivity index (χ4n) is 3.44. The molecular weight excluding hydrogens is 186 g/mol. The van der Waals surface area contributed by atoms with E-state index < -0.39 is 0 Å². The highest BCUT2D eigenvalue weighted by Crippen LogP contribution is 2.40. The van der Waals surface area contributed by atoms with Crippen molar-refractivity contribution in [1.29, 1.82) is 0 Å². The van der Waals surface area contributed by atoms with Gasteiger partial charge in [0.15, 0.2) is 0 Å². The molecule has 2 bridgehead atoms. The Morgan fingerprint density at radius 3 is 2.27 bits per heavy atom. The first-order chi connectivity index (χ1) is 7.13. The monoisotopic (exact) mass is 211 g/mol. The van der Waals surface area contributed by atoms with Crippen molar-refractivity contribution in [3.05, 3.63) is 0 Å². The molecular formula is C13H25NO. The van der Waals surface area contributed by atoms with E-state index in [4.69, 9.17) is 0 Å². The third kappa shape index (κ3) is 2.07. The van der Waals surface area contributed by atoms with Crippen LogP contribution >= 0.6 is 0 Å². The van der Waals surface area contributed by atoms with Crippen molar-refractivity contribution in [2.75, 3.05) is 7.05 Å². The second kappa shape index (κ2) is 4.42. The van der Waals surface area contributed by atoms with Crippen molar-refractivity contribution < 1.29 is 5.11 Å². The average Bonchev–Trinajstić information content (AvgIpc) is 2.50. The van der Waals surface area contributed by atoms with E-state index >= 15 is 0 Å². The van der Waals surface area contributed by atoms with Crippen LogP contribution in [-0.4, -0.2) is 35.2 Å². The quantitative estimate of drug-likeness (QED) is 0.774. The van der Waals surface area contributed by atoms with Crippen molar-refractivity contribution in [2.45, 2.75) is 64.1 Å². The van der Waals surface area contributed by atoms with E-state index in [-0.39, 0.29) is 6.10 Å². The molecule has 0 aromatic carbocycles. The van der Waals surface area contributed by atoms with Gasteiger partial charge in [0.05, 0.1) is 6.10 Å². The summed E-state index contributed by atoms with van der Waals surface area (Å²) in [5.41, 5.74) is 0. The van der Waals surface area contributed by atoms with Gasteiger partial charge in [0.25, 0.3) is 0 Å². The summed E-state index contributed by atoms with van der Waals surface area (Å²) in [4.78, 5) is 2.54. The minimum Gasteiger partial charge on any atom is -0.393 e. The smallest absolute Gasteiger partial charge is 0.0594 e. The Hall–Kier alpha value is -0.0800. The van der Waals surface area contributed by atoms with E-state index in [1.807, 2.05) is 0 Å². The molecule has 0 saturated carbocycles. The Balaban J connectivity index is 1.96. The highest BCUT2D eigenvalue weighted by molar-refractivity contribution is 4.95. The predicted molar refractivity (Wildman–Crippen MR) is 62.8 cm³/mol. The first-order valence-electron chi connectivity index (χ1n) is 6.53. The summed E-state index contributed by atoms with van der Waals surface area (Å²) in [5, 5.41) is 10.3. The Labute approximate surface area is 93.7 Å². The van der Waals surface area contributed by atoms with Crippen molar-refractivity contribution >= 4 is 0 Å². The number of hydrogen-bond acceptors (Lipinski definition) is 2. The molecule has 0 aromatic rings. The summed E-state index contributed by atoms with van der Waals surface area (Å²) >= 11 is 0. The maximum Gasteiger partial charge on any atom is 0.0594 e. The number of aliphatic hydroxyl groups is 1. The Morgan fingerprint density at radius 2 is 1.80 bits per heavy atom. The van der Waals surface area contributed by atoms with Gasteiger partial charge in [0.2, 0.25) is 0 Å². The third-order valence-electron chi connectivity index (χ3n) is 4.84. The summed E-state index contributed by atoms with van der Waals surface area (Å²) in [6, 6.07) is 1.51. The number of piperidine rings is 1. The number of nitrogens with zero attached hydrogens (tertiary/aromatic N) is 1. The first kappa shape index (κ1) is 11.4. The molecule has 0 spiro atoms. The molecule has 2 fully saturated rings. The van der Waals surface area contributed by atoms with Crippen LogP contribution in [0.15, 0.2) is 0 Å². The van der Waals surface area contributed by atoms with E-state index in [1.165, 1.54) is 25.7 Å². The third-order valence-corrected chi connectivity index (χ3v) is 4.84. The first-order valence-corrected chi connectivity index (χ1v) is 6.53. The summed E-state index contributed by atoms with van der Waals surface area (Å²) in [6.07, 6.45) is 6.18. The zero-order valence-electron chi connectivity index (χ0n) is 10.3. The number of fused-ring (bicyclic) bond motifs is 2. The van der Waals surface area contributed by atoms with Crippen molar-refractivity contribution in [3.63, 3.8) is 0 Å². The summed E-state index contributed by atoms with van der Waals surface area (Å²) < 4.78 is 0. The molecule has 2 nitrogen and oxygen atoms in total. The fraction of sp³-hybridized carbons (Fsp3) is 1.00. The molecule has 0 aliphatic carbocycles. The van der Waals surface area contributed by atoms with Gasteiger partial charge in [-0.2, -0.15) is 0 Å². The van der Waals surface area contributed by atoms with Gasteiger partial charge in [0, 0.05) is 12.1 Å². The normalized spacial score (nSPS) is 40.4. The molecule has 2 heterocycles. The van der Waals surface area contributed by atoms with Crippen LogP contribution in [0, 0.1) is 11.8 Å². The molecule has 4 atom stereocenters. The number of hydrogen-bond donors (Lipinski definition) is 1. The van der Waals surface area contributed by atoms with Gasteiger partial charge in [-0.25, -0.2) is 0 Å². The van der Waals surface area contributed by atoms with Crippen LogP contribution in [-0.2, 0) is 0 Å². The minimum absolute atomic E-state index is 0.0631. The lowest BCUT2D eigenvalue weighted by Gasteiger charge is -2.39. The molecule has 2 heteroatoms. The summed E-state index contributed by atoms with van der Waals surface area (Å²) in [5.74, 6) is 1.03. The van der Waals surface area contributed by atoms with Crippen LogP contribution in [0.5, 0.6) is 0 Å². The van der Waals surface area contributed by atoms with Crippen LogP contribution in [0.1, 0.15) is 46.0 Å². The van der Waals surface area contributed by atoms with Crippen molar-refractivity contribution in [1.82, 2.24) is 4.90 Å². The van der Waals surface area contributed by atoms with E-state index in [0.717, 1.165) is 18.5 Å². The molecule has 2 aliphatic heterocycles. The van der Waals surface area contributed by atoms with Gasteiger partial charge in [-0.05, 0) is 44.6 Å². The van der Waals surface area contributed by atoms with Crippen molar-refractivity contribution in [3.8, 4) is 0 Å². The average molecular weight is 211 g/mol. The predicted octanol–water partition coefficient (Wildman–Crippen LogP) is 2.27. The largest absolute Gasteiger partial charge is 0.393 e. The molecule has 4 unspecified atom stereocenters. The van der Waals surface area contributed by atoms with E-state index in [1.54, 1.807) is 0 Å². The van der Waals surface area contributed by atoms with Crippen LogP contribution in [0.25, 0.3) is 0 Å². The van der Waals surface area contributed by atoms with Crippen LogP contribution in [0.3, 0.4) is 0 Å². The van der Waals surface area contributed by atoms with Crippen LogP contribution < -0.4 is 0 Å². The van der Waals surface area contributed by atoms with Gasteiger partial charge in [-0.3, -0.25) is 0 Å². The summed E-state index contributed by atoms with van der Waals surface area (Å²) in [6.45, 7) is 4.36. The number of rotatable bonds is 3. The zero-order chi connectivity index (χ0) is 11.0. The van der Waals surface area contributed by atoms with Gasteiger partial charge in [-0.15, -0.1) is 0 Å². The number of aliphatic hydroxyl groups excluding tert-OH is 1. The van der Waals surface area contributed by atoms with E-state index in [0.29, 0.717) is 11.8 Å². The zero-order valence-corrected chi connectivity index (χ0v) is 10.3. The lowest BCUT2D eigenvalue weighted by molar-refractivity contribution is 0.00510. The highest BCUT2D eigenvalue weighted by atomic mass is 16.3. The molecule has 88 valence electrons. The fourth-order valence-corrected chi connectivity index (χ4v) is 3.44. The van der Waals surface area contributed by atoms with E-state index in [9.17, 15) is 5.11 Å². The second-order valence-corrected chi connectivity index (χ2v) is 5.66. The Bertz CT molecular complexity index is 205. The molecule has 0 aromatic heterocycles. The van der Waals surface area contributed by atoms with Crippen molar-refractivity contribution in [2.24, 2.45) is 11.8 Å². The second-order valence-electron chi connectivity index (χ2n) is 5.66. The van der Waals surface area contributed by atoms with Gasteiger partial charge in [0.1, 0.15) is 0 Å². The lowest BCUT2D eigenvalue weighted by Crippen LogP contribution is -2.44. The van der Waals surface area contributed by atoms with Gasteiger partial charge >= 0.3 is 0 Å². The maximum absolute atomic E-state index is 10.3. The van der Waals surface area contributed by atoms with E-state index in [2.05, 4.69) is 25.8 Å². The minimum atomic E-state index is -0.0631. The molecule has 0 radical (unpaired) electrons. The molecule has 2 rings (SSSR count). The Kier molecular flexibility index (Phi) is 3.36. The van der Waals surface area contributed by atoms with Gasteiger partial charge in [-0.1, -0.05) is 20.3 Å². The Morgan fingerprint density at radius 1 is 1.27 bits per heavy atom. The lowest BCUT2D eigenvalue weighted by atomic mass is 9.81. The SMILES string of the molecule is CCC(C)C(O)C1CC2CCC(C1)N2C. The van der Waals surface area contributed by atoms with Crippen LogP contribution in [0.2, 0.25) is 0 Å².